The third kappa shape index (κ3) is 2.20. The van der Waals surface area contributed by atoms with Gasteiger partial charge in [0.1, 0.15) is 0 Å². The number of aromatic nitrogens is 1. The first-order chi connectivity index (χ1) is 10.6. The van der Waals surface area contributed by atoms with Gasteiger partial charge in [-0.1, -0.05) is 23.7 Å². The molecule has 2 N–H and O–H groups in total. The number of nitrogens with one attached hydrogen (secondary N) is 2. The van der Waals surface area contributed by atoms with Crippen molar-refractivity contribution < 1.29 is 13.2 Å². The van der Waals surface area contributed by atoms with Gasteiger partial charge in [-0.05, 0) is 18.4 Å². The molecule has 1 unspecified atom stereocenters. The van der Waals surface area contributed by atoms with E-state index in [1.165, 1.54) is 4.31 Å². The lowest BCUT2D eigenvalue weighted by molar-refractivity contribution is 0.0436. The fraction of sp³-hybridized carbons (Fsp3) is 0.429. The lowest BCUT2D eigenvalue weighted by Gasteiger charge is -2.36. The highest BCUT2D eigenvalue weighted by Crippen LogP contribution is 2.37. The van der Waals surface area contributed by atoms with Gasteiger partial charge in [-0.3, -0.25) is 4.72 Å². The van der Waals surface area contributed by atoms with Crippen LogP contribution in [-0.2, 0) is 21.5 Å². The van der Waals surface area contributed by atoms with Crippen LogP contribution in [0.25, 0.3) is 10.9 Å². The molecular formula is C14H16ClN3O3S. The number of fused-ring (bicyclic) bond motifs is 3. The predicted molar refractivity (Wildman–Crippen MR) is 85.2 cm³/mol. The van der Waals surface area contributed by atoms with Gasteiger partial charge in [0.2, 0.25) is 0 Å². The minimum atomic E-state index is -3.58. The Morgan fingerprint density at radius 3 is 3.00 bits per heavy atom. The van der Waals surface area contributed by atoms with Gasteiger partial charge in [-0.15, -0.1) is 0 Å². The third-order valence-electron chi connectivity index (χ3n) is 4.30. The molecule has 1 atom stereocenters. The van der Waals surface area contributed by atoms with Crippen molar-refractivity contribution in [2.45, 2.75) is 25.4 Å². The van der Waals surface area contributed by atoms with Crippen molar-refractivity contribution in [2.24, 2.45) is 0 Å². The molecule has 0 spiro atoms. The highest BCUT2D eigenvalue weighted by Gasteiger charge is 2.36. The zero-order chi connectivity index (χ0) is 15.3. The largest absolute Gasteiger partial charge is 0.380 e. The van der Waals surface area contributed by atoms with Crippen molar-refractivity contribution in [3.63, 3.8) is 0 Å². The fourth-order valence-electron chi connectivity index (χ4n) is 3.17. The van der Waals surface area contributed by atoms with E-state index in [1.54, 1.807) is 6.20 Å². The molecule has 1 saturated heterocycles. The van der Waals surface area contributed by atoms with Gasteiger partial charge in [0.25, 0.3) is 0 Å². The predicted octanol–water partition coefficient (Wildman–Crippen LogP) is 2.47. The second-order valence-electron chi connectivity index (χ2n) is 5.68. The average molecular weight is 342 g/mol. The number of halogens is 1. The van der Waals surface area contributed by atoms with Gasteiger partial charge >= 0.3 is 10.2 Å². The number of H-pyrrole nitrogens is 1. The van der Waals surface area contributed by atoms with Gasteiger partial charge in [0, 0.05) is 24.7 Å². The number of hydrogen-bond acceptors (Lipinski definition) is 3. The first-order valence-electron chi connectivity index (χ1n) is 7.22. The summed E-state index contributed by atoms with van der Waals surface area (Å²) in [5.74, 6) is 0. The molecule has 118 valence electrons. The van der Waals surface area contributed by atoms with Gasteiger partial charge < -0.3 is 9.72 Å². The van der Waals surface area contributed by atoms with Crippen LogP contribution >= 0.6 is 11.6 Å². The zero-order valence-corrected chi connectivity index (χ0v) is 13.4. The van der Waals surface area contributed by atoms with E-state index in [2.05, 4.69) is 9.71 Å². The van der Waals surface area contributed by atoms with Crippen molar-refractivity contribution in [3.05, 3.63) is 28.9 Å². The Kier molecular flexibility index (Phi) is 3.34. The fourth-order valence-corrected chi connectivity index (χ4v) is 4.86. The Morgan fingerprint density at radius 2 is 2.23 bits per heavy atom. The van der Waals surface area contributed by atoms with Gasteiger partial charge in [-0.2, -0.15) is 12.7 Å². The Bertz CT molecular complexity index is 827. The molecule has 4 rings (SSSR count). The number of ether oxygens (including phenoxy) is 1. The molecule has 8 heteroatoms. The first-order valence-corrected chi connectivity index (χ1v) is 9.04. The van der Waals surface area contributed by atoms with E-state index in [9.17, 15) is 8.42 Å². The van der Waals surface area contributed by atoms with E-state index >= 15 is 0 Å². The highest BCUT2D eigenvalue weighted by atomic mass is 35.5. The number of anilines is 1. The van der Waals surface area contributed by atoms with E-state index in [-0.39, 0.29) is 6.04 Å². The second kappa shape index (κ2) is 5.13. The van der Waals surface area contributed by atoms with Crippen LogP contribution in [0.1, 0.15) is 18.4 Å². The Labute approximate surface area is 133 Å². The van der Waals surface area contributed by atoms with Gasteiger partial charge in [0.05, 0.1) is 28.9 Å². The highest BCUT2D eigenvalue weighted by molar-refractivity contribution is 7.90. The minimum absolute atomic E-state index is 0.109. The number of nitrogens with zero attached hydrogens (tertiary/aromatic N) is 1. The lowest BCUT2D eigenvalue weighted by Crippen LogP contribution is -2.48. The normalized spacial score (nSPS) is 24.9. The van der Waals surface area contributed by atoms with Crippen molar-refractivity contribution >= 4 is 38.4 Å². The molecule has 1 aromatic heterocycles. The monoisotopic (exact) mass is 341 g/mol. The molecule has 0 bridgehead atoms. The number of aromatic amines is 1. The number of hydrogen-bond donors (Lipinski definition) is 2. The van der Waals surface area contributed by atoms with E-state index in [4.69, 9.17) is 16.3 Å². The van der Waals surface area contributed by atoms with Crippen LogP contribution in [0.2, 0.25) is 5.02 Å². The summed E-state index contributed by atoms with van der Waals surface area (Å²) in [6, 6.07) is 3.74. The lowest BCUT2D eigenvalue weighted by atomic mass is 10.1. The third-order valence-corrected chi connectivity index (χ3v) is 6.12. The summed E-state index contributed by atoms with van der Waals surface area (Å²) in [7, 11) is -3.58. The summed E-state index contributed by atoms with van der Waals surface area (Å²) in [6.45, 7) is 1.51. The van der Waals surface area contributed by atoms with Crippen LogP contribution in [0.5, 0.6) is 0 Å². The van der Waals surface area contributed by atoms with Gasteiger partial charge in [-0.25, -0.2) is 0 Å². The first kappa shape index (κ1) is 14.3. The number of rotatable bonds is 1. The summed E-state index contributed by atoms with van der Waals surface area (Å²) in [5.41, 5.74) is 2.26. The number of benzene rings is 1. The summed E-state index contributed by atoms with van der Waals surface area (Å²) in [6.07, 6.45) is 3.38. The van der Waals surface area contributed by atoms with Crippen LogP contribution in [0.4, 0.5) is 5.69 Å². The smallest absolute Gasteiger partial charge is 0.302 e. The van der Waals surface area contributed by atoms with Crippen LogP contribution in [0.3, 0.4) is 0 Å². The van der Waals surface area contributed by atoms with Crippen molar-refractivity contribution in [1.29, 1.82) is 0 Å². The Balaban J connectivity index is 1.78. The maximum Gasteiger partial charge on any atom is 0.302 e. The summed E-state index contributed by atoms with van der Waals surface area (Å²) >= 11 is 6.10. The molecular weight excluding hydrogens is 326 g/mol. The molecule has 2 aromatic rings. The van der Waals surface area contributed by atoms with E-state index < -0.39 is 10.2 Å². The maximum absolute atomic E-state index is 12.6. The molecule has 1 fully saturated rings. The van der Waals surface area contributed by atoms with Crippen LogP contribution in [0, 0.1) is 0 Å². The molecule has 2 aliphatic rings. The molecule has 6 nitrogen and oxygen atoms in total. The van der Waals surface area contributed by atoms with E-state index in [1.807, 2.05) is 12.1 Å². The van der Waals surface area contributed by atoms with E-state index in [0.29, 0.717) is 30.5 Å². The standard InChI is InChI=1S/C14H16ClN3O3S/c15-12-6-16-14-11(12)4-3-9-7-18(10-2-1-5-21-8-10)22(19,20)17-13(9)14/h3-4,6,10,16-17H,1-2,5,7-8H2. The second-order valence-corrected chi connectivity index (χ2v) is 7.71. The van der Waals surface area contributed by atoms with E-state index in [0.717, 1.165) is 29.3 Å². The maximum atomic E-state index is 12.6. The van der Waals surface area contributed by atoms with Crippen LogP contribution < -0.4 is 4.72 Å². The molecule has 1 aromatic carbocycles. The molecule has 0 amide bonds. The molecule has 3 heterocycles. The molecule has 2 aliphatic heterocycles. The summed E-state index contributed by atoms with van der Waals surface area (Å²) in [5, 5.41) is 1.40. The molecule has 0 aliphatic carbocycles. The molecule has 0 saturated carbocycles. The summed E-state index contributed by atoms with van der Waals surface area (Å²) in [4.78, 5) is 3.05. The molecule has 0 radical (unpaired) electrons. The van der Waals surface area contributed by atoms with Crippen molar-refractivity contribution in [3.8, 4) is 0 Å². The van der Waals surface area contributed by atoms with Crippen LogP contribution in [0.15, 0.2) is 18.3 Å². The van der Waals surface area contributed by atoms with Crippen LogP contribution in [-0.4, -0.2) is 37.0 Å². The zero-order valence-electron chi connectivity index (χ0n) is 11.8. The van der Waals surface area contributed by atoms with Gasteiger partial charge in [0.15, 0.2) is 0 Å². The minimum Gasteiger partial charge on any atom is -0.380 e. The average Bonchev–Trinajstić information content (AvgIpc) is 2.89. The SMILES string of the molecule is O=S1(=O)Nc2c(ccc3c(Cl)c[nH]c23)CN1C1CCCOC1. The Morgan fingerprint density at radius 1 is 1.36 bits per heavy atom. The van der Waals surface area contributed by atoms with Crippen molar-refractivity contribution in [1.82, 2.24) is 9.29 Å². The topological polar surface area (TPSA) is 74.4 Å². The quantitative estimate of drug-likeness (QED) is 0.836. The van der Waals surface area contributed by atoms with Crippen molar-refractivity contribution in [2.75, 3.05) is 17.9 Å². The Hall–Kier alpha value is -1.28. The molecule has 22 heavy (non-hydrogen) atoms. The summed E-state index contributed by atoms with van der Waals surface area (Å²) < 4.78 is 34.8.